The summed E-state index contributed by atoms with van der Waals surface area (Å²) in [6.07, 6.45) is 1.29. The van der Waals surface area contributed by atoms with Gasteiger partial charge in [0.05, 0.1) is 12.8 Å². The van der Waals surface area contributed by atoms with Crippen molar-refractivity contribution in [3.8, 4) is 17.1 Å². The maximum atomic E-state index is 14.2. The highest BCUT2D eigenvalue weighted by atomic mass is 19.1. The minimum absolute atomic E-state index is 0.0447. The maximum absolute atomic E-state index is 14.2. The van der Waals surface area contributed by atoms with Gasteiger partial charge >= 0.3 is 6.01 Å². The van der Waals surface area contributed by atoms with E-state index in [1.165, 1.54) is 11.0 Å². The Morgan fingerprint density at radius 1 is 1.19 bits per heavy atom. The lowest BCUT2D eigenvalue weighted by atomic mass is 9.95. The standard InChI is InChI=1S/C23H25FN4O3/c1-3-28(20-7-5-4-6-19(20)24)22(29)17-12-14-27(15-13-17)23-25-21(26-31-23)16-8-10-18(30-2)11-9-16/h4-11,17H,3,12-15H2,1-2H3. The zero-order valence-electron chi connectivity index (χ0n) is 17.6. The average molecular weight is 424 g/mol. The molecule has 3 aromatic rings. The molecule has 162 valence electrons. The largest absolute Gasteiger partial charge is 0.497 e. The first-order valence-corrected chi connectivity index (χ1v) is 10.4. The first kappa shape index (κ1) is 20.8. The number of benzene rings is 2. The molecular formula is C23H25FN4O3. The van der Waals surface area contributed by atoms with E-state index in [1.54, 1.807) is 25.3 Å². The van der Waals surface area contributed by atoms with Gasteiger partial charge in [0.15, 0.2) is 0 Å². The van der Waals surface area contributed by atoms with E-state index in [1.807, 2.05) is 36.1 Å². The maximum Gasteiger partial charge on any atom is 0.324 e. The number of hydrogen-bond acceptors (Lipinski definition) is 6. The van der Waals surface area contributed by atoms with Crippen LogP contribution in [0.15, 0.2) is 53.1 Å². The van der Waals surface area contributed by atoms with Gasteiger partial charge in [0.1, 0.15) is 11.6 Å². The summed E-state index contributed by atoms with van der Waals surface area (Å²) in [7, 11) is 1.62. The van der Waals surface area contributed by atoms with Crippen molar-refractivity contribution in [1.29, 1.82) is 0 Å². The van der Waals surface area contributed by atoms with Gasteiger partial charge in [0.2, 0.25) is 11.7 Å². The van der Waals surface area contributed by atoms with Gasteiger partial charge in [-0.25, -0.2) is 4.39 Å². The number of carbonyl (C=O) groups is 1. The summed E-state index contributed by atoms with van der Waals surface area (Å²) >= 11 is 0. The van der Waals surface area contributed by atoms with E-state index in [2.05, 4.69) is 10.1 Å². The number of rotatable bonds is 6. The SMILES string of the molecule is CCN(C(=O)C1CCN(c2nc(-c3ccc(OC)cc3)no2)CC1)c1ccccc1F. The molecule has 0 spiro atoms. The summed E-state index contributed by atoms with van der Waals surface area (Å²) in [4.78, 5) is 21.1. The molecule has 4 rings (SSSR count). The number of aromatic nitrogens is 2. The molecule has 8 heteroatoms. The minimum Gasteiger partial charge on any atom is -0.497 e. The van der Waals surface area contributed by atoms with Crippen molar-refractivity contribution >= 4 is 17.6 Å². The predicted octanol–water partition coefficient (Wildman–Crippen LogP) is 4.15. The number of nitrogens with zero attached hydrogens (tertiary/aromatic N) is 4. The molecule has 0 N–H and O–H groups in total. The molecule has 0 bridgehead atoms. The van der Waals surface area contributed by atoms with Crippen molar-refractivity contribution in [3.63, 3.8) is 0 Å². The number of halogens is 1. The van der Waals surface area contributed by atoms with Crippen LogP contribution in [0.4, 0.5) is 16.1 Å². The van der Waals surface area contributed by atoms with Gasteiger partial charge < -0.3 is 19.1 Å². The van der Waals surface area contributed by atoms with Crippen LogP contribution < -0.4 is 14.5 Å². The Morgan fingerprint density at radius 2 is 1.90 bits per heavy atom. The first-order chi connectivity index (χ1) is 15.1. The Kier molecular flexibility index (Phi) is 6.16. The van der Waals surface area contributed by atoms with Crippen molar-refractivity contribution in [1.82, 2.24) is 10.1 Å². The number of amides is 1. The van der Waals surface area contributed by atoms with Crippen molar-refractivity contribution in [2.45, 2.75) is 19.8 Å². The lowest BCUT2D eigenvalue weighted by Gasteiger charge is -2.33. The number of anilines is 2. The molecule has 1 amide bonds. The zero-order valence-corrected chi connectivity index (χ0v) is 17.6. The molecule has 1 aliphatic rings. The third kappa shape index (κ3) is 4.38. The molecule has 1 aliphatic heterocycles. The van der Waals surface area contributed by atoms with Crippen molar-refractivity contribution in [2.24, 2.45) is 5.92 Å². The molecule has 31 heavy (non-hydrogen) atoms. The van der Waals surface area contributed by atoms with Crippen molar-refractivity contribution < 1.29 is 18.4 Å². The summed E-state index contributed by atoms with van der Waals surface area (Å²) in [5.74, 6) is 0.673. The highest BCUT2D eigenvalue weighted by Crippen LogP contribution is 2.28. The van der Waals surface area contributed by atoms with E-state index >= 15 is 0 Å². The molecule has 0 aliphatic carbocycles. The molecule has 7 nitrogen and oxygen atoms in total. The number of carbonyl (C=O) groups excluding carboxylic acids is 1. The minimum atomic E-state index is -0.382. The molecule has 0 saturated carbocycles. The van der Waals surface area contributed by atoms with Crippen molar-refractivity contribution in [3.05, 3.63) is 54.3 Å². The van der Waals surface area contributed by atoms with Crippen LogP contribution in [-0.4, -0.2) is 42.8 Å². The van der Waals surface area contributed by atoms with E-state index in [9.17, 15) is 9.18 Å². The van der Waals surface area contributed by atoms with Gasteiger partial charge in [0, 0.05) is 31.1 Å². The normalized spacial score (nSPS) is 14.5. The smallest absolute Gasteiger partial charge is 0.324 e. The number of methoxy groups -OCH3 is 1. The molecule has 1 saturated heterocycles. The quantitative estimate of drug-likeness (QED) is 0.592. The molecule has 2 heterocycles. The molecule has 0 unspecified atom stereocenters. The van der Waals surface area contributed by atoms with Gasteiger partial charge in [-0.3, -0.25) is 4.79 Å². The van der Waals surface area contributed by atoms with Crippen LogP contribution in [0.3, 0.4) is 0 Å². The molecular weight excluding hydrogens is 399 g/mol. The first-order valence-electron chi connectivity index (χ1n) is 10.4. The molecule has 0 radical (unpaired) electrons. The van der Waals surface area contributed by atoms with Crippen LogP contribution in [0.2, 0.25) is 0 Å². The highest BCUT2D eigenvalue weighted by Gasteiger charge is 2.31. The van der Waals surface area contributed by atoms with E-state index in [0.717, 1.165) is 11.3 Å². The van der Waals surface area contributed by atoms with Crippen LogP contribution in [0.1, 0.15) is 19.8 Å². The molecule has 1 fully saturated rings. The van der Waals surface area contributed by atoms with Crippen LogP contribution >= 0.6 is 0 Å². The fraction of sp³-hybridized carbons (Fsp3) is 0.348. The van der Waals surface area contributed by atoms with E-state index < -0.39 is 0 Å². The lowest BCUT2D eigenvalue weighted by Crippen LogP contribution is -2.43. The van der Waals surface area contributed by atoms with Crippen LogP contribution in [0.25, 0.3) is 11.4 Å². The third-order valence-electron chi connectivity index (χ3n) is 5.60. The van der Waals surface area contributed by atoms with Gasteiger partial charge in [-0.05, 0) is 56.2 Å². The van der Waals surface area contributed by atoms with E-state index in [4.69, 9.17) is 9.26 Å². The van der Waals surface area contributed by atoms with Gasteiger partial charge in [0.25, 0.3) is 0 Å². The van der Waals surface area contributed by atoms with Crippen LogP contribution in [0.5, 0.6) is 5.75 Å². The second-order valence-electron chi connectivity index (χ2n) is 7.42. The summed E-state index contributed by atoms with van der Waals surface area (Å²) in [5, 5.41) is 4.08. The Labute approximate surface area is 180 Å². The number of ether oxygens (including phenoxy) is 1. The number of para-hydroxylation sites is 1. The average Bonchev–Trinajstić information content (AvgIpc) is 3.31. The van der Waals surface area contributed by atoms with E-state index in [-0.39, 0.29) is 17.6 Å². The molecule has 0 atom stereocenters. The van der Waals surface area contributed by atoms with Crippen molar-refractivity contribution in [2.75, 3.05) is 36.5 Å². The summed E-state index contributed by atoms with van der Waals surface area (Å²) in [6, 6.07) is 14.3. The number of hydrogen-bond donors (Lipinski definition) is 0. The Hall–Kier alpha value is -3.42. The summed E-state index contributed by atoms with van der Waals surface area (Å²) < 4.78 is 24.8. The second kappa shape index (κ2) is 9.16. The van der Waals surface area contributed by atoms with Gasteiger partial charge in [-0.2, -0.15) is 4.98 Å². The van der Waals surface area contributed by atoms with Gasteiger partial charge in [-0.1, -0.05) is 17.3 Å². The third-order valence-corrected chi connectivity index (χ3v) is 5.60. The topological polar surface area (TPSA) is 71.7 Å². The summed E-state index contributed by atoms with van der Waals surface area (Å²) in [5.41, 5.74) is 1.17. The fourth-order valence-electron chi connectivity index (χ4n) is 3.85. The number of piperidine rings is 1. The molecule has 2 aromatic carbocycles. The van der Waals surface area contributed by atoms with Crippen LogP contribution in [-0.2, 0) is 4.79 Å². The monoisotopic (exact) mass is 424 g/mol. The highest BCUT2D eigenvalue weighted by molar-refractivity contribution is 5.95. The fourth-order valence-corrected chi connectivity index (χ4v) is 3.85. The molecule has 1 aromatic heterocycles. The Balaban J connectivity index is 1.40. The lowest BCUT2D eigenvalue weighted by molar-refractivity contribution is -0.123. The second-order valence-corrected chi connectivity index (χ2v) is 7.42. The Morgan fingerprint density at radius 3 is 2.55 bits per heavy atom. The Bertz CT molecular complexity index is 1030. The predicted molar refractivity (Wildman–Crippen MR) is 116 cm³/mol. The van der Waals surface area contributed by atoms with E-state index in [0.29, 0.717) is 50.0 Å². The van der Waals surface area contributed by atoms with Gasteiger partial charge in [-0.15, -0.1) is 0 Å². The van der Waals surface area contributed by atoms with Crippen LogP contribution in [0, 0.1) is 11.7 Å². The zero-order chi connectivity index (χ0) is 21.8. The summed E-state index contributed by atoms with van der Waals surface area (Å²) in [6.45, 7) is 3.53.